The van der Waals surface area contributed by atoms with Gasteiger partial charge in [-0.2, -0.15) is 0 Å². The van der Waals surface area contributed by atoms with Crippen LogP contribution in [0.1, 0.15) is 42.4 Å². The van der Waals surface area contributed by atoms with Crippen molar-refractivity contribution >= 4 is 17.6 Å². The summed E-state index contributed by atoms with van der Waals surface area (Å²) in [6.07, 6.45) is 6.42. The molecule has 4 aliphatic rings. The first-order valence-electron chi connectivity index (χ1n) is 12.7. The summed E-state index contributed by atoms with van der Waals surface area (Å²) in [6, 6.07) is 14.9. The molecule has 0 radical (unpaired) electrons. The van der Waals surface area contributed by atoms with Crippen molar-refractivity contribution in [3.8, 4) is 11.5 Å². The van der Waals surface area contributed by atoms with Gasteiger partial charge in [-0.3, -0.25) is 14.4 Å². The molecule has 2 fully saturated rings. The van der Waals surface area contributed by atoms with E-state index in [1.54, 1.807) is 7.11 Å². The smallest absolute Gasteiger partial charge is 0.174 e. The van der Waals surface area contributed by atoms with E-state index < -0.39 is 17.1 Å². The minimum absolute atomic E-state index is 0.196. The van der Waals surface area contributed by atoms with Gasteiger partial charge < -0.3 is 14.2 Å². The highest BCUT2D eigenvalue weighted by atomic mass is 35.5. The summed E-state index contributed by atoms with van der Waals surface area (Å²) < 4.78 is 25.7. The fraction of sp³-hybridized carbons (Fsp3) is 0.483. The number of benzene rings is 2. The predicted octanol–water partition coefficient (Wildman–Crippen LogP) is 4.39. The second-order valence-electron chi connectivity index (χ2n) is 10.1. The van der Waals surface area contributed by atoms with Crippen molar-refractivity contribution in [3.63, 3.8) is 0 Å². The van der Waals surface area contributed by atoms with Crippen LogP contribution in [0.4, 0.5) is 0 Å². The molecule has 0 amide bonds. The molecule has 1 N–H and O–H groups in total. The van der Waals surface area contributed by atoms with E-state index in [0.717, 1.165) is 56.7 Å². The molecule has 2 bridgehead atoms. The third kappa shape index (κ3) is 3.61. The highest BCUT2D eigenvalue weighted by Crippen LogP contribution is 2.66. The summed E-state index contributed by atoms with van der Waals surface area (Å²) in [5, 5.41) is 0. The third-order valence-electron chi connectivity index (χ3n) is 8.71. The lowest BCUT2D eigenvalue weighted by Crippen LogP contribution is -2.77. The number of aryl methyl sites for hydroxylation is 1. The van der Waals surface area contributed by atoms with E-state index in [2.05, 4.69) is 59.7 Å². The number of ketones is 1. The van der Waals surface area contributed by atoms with E-state index in [1.165, 1.54) is 16.7 Å². The Balaban J connectivity index is 0.00000130. The molecule has 36 heavy (non-hydrogen) atoms. The lowest BCUT2D eigenvalue weighted by molar-refractivity contribution is -0.212. The number of nitrogens with zero attached hydrogens (tertiary/aromatic N) is 1. The zero-order chi connectivity index (χ0) is 25.3. The van der Waals surface area contributed by atoms with Crippen molar-refractivity contribution in [1.82, 2.24) is 4.90 Å². The van der Waals surface area contributed by atoms with Gasteiger partial charge in [-0.25, -0.2) is 0 Å². The summed E-state index contributed by atoms with van der Waals surface area (Å²) >= 11 is 3.64. The van der Waals surface area contributed by atoms with Crippen molar-refractivity contribution in [3.05, 3.63) is 71.8 Å². The molecule has 2 aliphatic heterocycles. The van der Waals surface area contributed by atoms with E-state index in [-0.39, 0.29) is 11.8 Å². The number of Topliss-reactive ketones (excluding diaryl/α,β-unsaturated/α-hetero) is 1. The molecule has 7 heteroatoms. The average molecular weight is 512 g/mol. The van der Waals surface area contributed by atoms with Gasteiger partial charge in [0.2, 0.25) is 0 Å². The fourth-order valence-electron chi connectivity index (χ4n) is 7.39. The van der Waals surface area contributed by atoms with Crippen LogP contribution < -0.4 is 9.47 Å². The minimum Gasteiger partial charge on any atom is -0.493 e. The summed E-state index contributed by atoms with van der Waals surface area (Å²) in [4.78, 5) is 15.9. The van der Waals surface area contributed by atoms with Gasteiger partial charge in [0.1, 0.15) is 0 Å². The van der Waals surface area contributed by atoms with Gasteiger partial charge in [0.05, 0.1) is 30.0 Å². The summed E-state index contributed by atoms with van der Waals surface area (Å²) in [7, 11) is 1.68. The SMILES string of the molecule is C=CCN1CC[C@]23c4c5ccc(OC)c4O[C@H]2C(=O)CC[C@@]3(OCCCc2ccccc2)[C@H]1C5.OCl. The van der Waals surface area contributed by atoms with Crippen molar-refractivity contribution in [2.75, 3.05) is 26.8 Å². The molecule has 1 saturated heterocycles. The molecule has 192 valence electrons. The number of carbonyl (C=O) groups excluding carboxylic acids is 1. The van der Waals surface area contributed by atoms with Gasteiger partial charge in [0.15, 0.2) is 23.4 Å². The standard InChI is InChI=1S/C29H33NO4.ClHO/c1-3-16-30-17-15-28-25-21-11-12-23(32-2)26(25)34-27(28)22(31)13-14-29(28,24(30)19-21)33-18-7-10-20-8-5-4-6-9-20;1-2/h3-6,8-9,11-12,24,27H,1,7,10,13-19H2,2H3;2H/t24-,27+,28+,29-;/m1./s1. The largest absolute Gasteiger partial charge is 0.493 e. The Kier molecular flexibility index (Phi) is 7.14. The van der Waals surface area contributed by atoms with Crippen LogP contribution in [-0.2, 0) is 27.8 Å². The topological polar surface area (TPSA) is 68.2 Å². The van der Waals surface area contributed by atoms with Gasteiger partial charge in [-0.15, -0.1) is 6.58 Å². The van der Waals surface area contributed by atoms with Gasteiger partial charge in [-0.05, 0) is 49.3 Å². The molecule has 2 aromatic rings. The Morgan fingerprint density at radius 2 is 2.03 bits per heavy atom. The van der Waals surface area contributed by atoms with Crippen LogP contribution >= 0.6 is 11.9 Å². The van der Waals surface area contributed by atoms with Crippen molar-refractivity contribution < 1.29 is 23.7 Å². The van der Waals surface area contributed by atoms with Crippen LogP contribution in [0, 0.1) is 0 Å². The van der Waals surface area contributed by atoms with Crippen molar-refractivity contribution in [2.45, 2.75) is 61.7 Å². The Morgan fingerprint density at radius 1 is 1.22 bits per heavy atom. The zero-order valence-corrected chi connectivity index (χ0v) is 21.5. The molecule has 6 rings (SSSR count). The molecule has 6 nitrogen and oxygen atoms in total. The molecule has 1 spiro atoms. The van der Waals surface area contributed by atoms with Gasteiger partial charge in [-0.1, -0.05) is 42.5 Å². The molecule has 2 aliphatic carbocycles. The Labute approximate surface area is 218 Å². The van der Waals surface area contributed by atoms with E-state index in [1.807, 2.05) is 12.1 Å². The molecule has 0 aromatic heterocycles. The Hall–Kier alpha value is -2.38. The normalized spacial score (nSPS) is 29.5. The number of methoxy groups -OCH3 is 1. The van der Waals surface area contributed by atoms with Gasteiger partial charge in [0, 0.05) is 37.7 Å². The lowest BCUT2D eigenvalue weighted by atomic mass is 9.48. The monoisotopic (exact) mass is 511 g/mol. The van der Waals surface area contributed by atoms with E-state index >= 15 is 0 Å². The molecule has 0 unspecified atom stereocenters. The van der Waals surface area contributed by atoms with Crippen LogP contribution in [-0.4, -0.2) is 59.9 Å². The Bertz CT molecular complexity index is 1120. The van der Waals surface area contributed by atoms with Crippen LogP contribution in [0.2, 0.25) is 0 Å². The van der Waals surface area contributed by atoms with Crippen LogP contribution in [0.5, 0.6) is 11.5 Å². The number of ether oxygens (including phenoxy) is 3. The van der Waals surface area contributed by atoms with Crippen LogP contribution in [0.3, 0.4) is 0 Å². The third-order valence-corrected chi connectivity index (χ3v) is 8.71. The molecule has 1 saturated carbocycles. The van der Waals surface area contributed by atoms with E-state index in [0.29, 0.717) is 13.0 Å². The van der Waals surface area contributed by atoms with Gasteiger partial charge in [0.25, 0.3) is 0 Å². The maximum Gasteiger partial charge on any atom is 0.174 e. The number of likely N-dealkylation sites (tertiary alicyclic amines) is 1. The van der Waals surface area contributed by atoms with Gasteiger partial charge >= 0.3 is 0 Å². The molecular weight excluding hydrogens is 478 g/mol. The predicted molar refractivity (Wildman–Crippen MR) is 139 cm³/mol. The lowest BCUT2D eigenvalue weighted by Gasteiger charge is -2.64. The quantitative estimate of drug-likeness (QED) is 0.418. The number of halogens is 1. The van der Waals surface area contributed by atoms with Crippen LogP contribution in [0.15, 0.2) is 55.1 Å². The van der Waals surface area contributed by atoms with E-state index in [9.17, 15) is 4.79 Å². The fourth-order valence-corrected chi connectivity index (χ4v) is 7.39. The average Bonchev–Trinajstić information content (AvgIpc) is 3.27. The van der Waals surface area contributed by atoms with Crippen LogP contribution in [0.25, 0.3) is 0 Å². The second kappa shape index (κ2) is 10.2. The first kappa shape index (κ1) is 25.3. The Morgan fingerprint density at radius 3 is 2.78 bits per heavy atom. The number of carbonyl (C=O) groups is 1. The number of rotatable bonds is 8. The maximum atomic E-state index is 13.3. The van der Waals surface area contributed by atoms with Crippen molar-refractivity contribution in [2.24, 2.45) is 0 Å². The summed E-state index contributed by atoms with van der Waals surface area (Å²) in [6.45, 7) is 6.43. The number of hydrogen-bond donors (Lipinski definition) is 1. The number of hydrogen-bond acceptors (Lipinski definition) is 6. The highest BCUT2D eigenvalue weighted by molar-refractivity contribution is 6.04. The number of piperidine rings is 1. The molecule has 2 heterocycles. The maximum absolute atomic E-state index is 13.3. The molecule has 2 aromatic carbocycles. The first-order chi connectivity index (χ1) is 17.6. The highest BCUT2D eigenvalue weighted by Gasteiger charge is 2.74. The summed E-state index contributed by atoms with van der Waals surface area (Å²) in [5.41, 5.74) is 2.89. The zero-order valence-electron chi connectivity index (χ0n) is 20.7. The van der Waals surface area contributed by atoms with Crippen molar-refractivity contribution in [1.29, 1.82) is 0 Å². The second-order valence-corrected chi connectivity index (χ2v) is 10.1. The summed E-state index contributed by atoms with van der Waals surface area (Å²) in [5.74, 6) is 1.69. The minimum atomic E-state index is -0.492. The molecule has 4 atom stereocenters. The van der Waals surface area contributed by atoms with E-state index in [4.69, 9.17) is 18.9 Å². The first-order valence-corrected chi connectivity index (χ1v) is 13.1. The molecular formula is C29H34ClNO5.